The molecule has 1 saturated heterocycles. The minimum absolute atomic E-state index is 0.0211. The lowest BCUT2D eigenvalue weighted by Gasteiger charge is -2.36. The molecule has 1 aliphatic heterocycles. The van der Waals surface area contributed by atoms with Gasteiger partial charge < -0.3 is 14.7 Å². The van der Waals surface area contributed by atoms with Crippen molar-refractivity contribution in [1.82, 2.24) is 9.88 Å². The summed E-state index contributed by atoms with van der Waals surface area (Å²) in [6.07, 6.45) is 0.609. The number of rotatable bonds is 2. The van der Waals surface area contributed by atoms with Crippen molar-refractivity contribution in [2.24, 2.45) is 5.92 Å². The second kappa shape index (κ2) is 6.32. The van der Waals surface area contributed by atoms with E-state index in [0.717, 1.165) is 10.7 Å². The molecule has 2 unspecified atom stereocenters. The molecule has 21 heavy (non-hydrogen) atoms. The van der Waals surface area contributed by atoms with Crippen molar-refractivity contribution in [3.05, 3.63) is 16.1 Å². The zero-order valence-corrected chi connectivity index (χ0v) is 13.9. The smallest absolute Gasteiger partial charge is 0.410 e. The van der Waals surface area contributed by atoms with E-state index in [0.29, 0.717) is 25.9 Å². The van der Waals surface area contributed by atoms with E-state index in [1.54, 1.807) is 16.2 Å². The van der Waals surface area contributed by atoms with E-state index in [2.05, 4.69) is 4.98 Å². The van der Waals surface area contributed by atoms with Crippen LogP contribution in [-0.2, 0) is 11.2 Å². The van der Waals surface area contributed by atoms with Crippen molar-refractivity contribution >= 4 is 17.4 Å². The van der Waals surface area contributed by atoms with Crippen LogP contribution in [0.3, 0.4) is 0 Å². The molecule has 1 aromatic heterocycles. The lowest BCUT2D eigenvalue weighted by molar-refractivity contribution is -0.00839. The molecule has 0 aliphatic carbocycles. The zero-order valence-electron chi connectivity index (χ0n) is 13.1. The Kier molecular flexibility index (Phi) is 4.88. The predicted molar refractivity (Wildman–Crippen MR) is 82.5 cm³/mol. The van der Waals surface area contributed by atoms with Crippen molar-refractivity contribution in [3.8, 4) is 0 Å². The summed E-state index contributed by atoms with van der Waals surface area (Å²) >= 11 is 1.61. The maximum absolute atomic E-state index is 12.1. The Morgan fingerprint density at radius 3 is 2.86 bits per heavy atom. The van der Waals surface area contributed by atoms with Crippen molar-refractivity contribution < 1.29 is 14.6 Å². The van der Waals surface area contributed by atoms with E-state index >= 15 is 0 Å². The Bertz CT molecular complexity index is 495. The van der Waals surface area contributed by atoms with Gasteiger partial charge in [0.15, 0.2) is 0 Å². The highest BCUT2D eigenvalue weighted by atomic mass is 32.1. The highest BCUT2D eigenvalue weighted by Gasteiger charge is 2.32. The van der Waals surface area contributed by atoms with Gasteiger partial charge in [0.05, 0.1) is 16.8 Å². The third kappa shape index (κ3) is 4.68. The SMILES string of the molecule is Cc1nc(CC2CN(C(=O)OC(C)(C)C)CCC2O)cs1. The molecule has 6 heteroatoms. The molecule has 1 aliphatic rings. The molecule has 0 radical (unpaired) electrons. The maximum atomic E-state index is 12.1. The number of thiazole rings is 1. The first kappa shape index (κ1) is 16.2. The van der Waals surface area contributed by atoms with Gasteiger partial charge in [-0.1, -0.05) is 0 Å². The van der Waals surface area contributed by atoms with E-state index in [1.165, 1.54) is 0 Å². The fourth-order valence-corrected chi connectivity index (χ4v) is 3.11. The molecule has 2 rings (SSSR count). The molecule has 1 amide bonds. The van der Waals surface area contributed by atoms with Gasteiger partial charge in [0.25, 0.3) is 0 Å². The molecule has 2 heterocycles. The largest absolute Gasteiger partial charge is 0.444 e. The molecule has 1 N–H and O–H groups in total. The molecule has 5 nitrogen and oxygen atoms in total. The first-order valence-corrected chi connectivity index (χ1v) is 8.19. The molecule has 2 atom stereocenters. The van der Waals surface area contributed by atoms with Crippen LogP contribution in [0.1, 0.15) is 37.9 Å². The molecule has 0 aromatic carbocycles. The first-order chi connectivity index (χ1) is 9.74. The van der Waals surface area contributed by atoms with Crippen LogP contribution in [0.15, 0.2) is 5.38 Å². The number of carbonyl (C=O) groups is 1. The molecular weight excluding hydrogens is 288 g/mol. The Hall–Kier alpha value is -1.14. The Labute approximate surface area is 129 Å². The number of ether oxygens (including phenoxy) is 1. The van der Waals surface area contributed by atoms with Gasteiger partial charge in [-0.2, -0.15) is 0 Å². The lowest BCUT2D eigenvalue weighted by Crippen LogP contribution is -2.48. The quantitative estimate of drug-likeness (QED) is 0.912. The number of aromatic nitrogens is 1. The molecule has 0 spiro atoms. The van der Waals surface area contributed by atoms with Crippen LogP contribution < -0.4 is 0 Å². The molecular formula is C15H24N2O3S. The van der Waals surface area contributed by atoms with E-state index in [4.69, 9.17) is 4.74 Å². The second-order valence-corrected chi connectivity index (χ2v) is 7.67. The van der Waals surface area contributed by atoms with Gasteiger partial charge in [-0.3, -0.25) is 0 Å². The minimum atomic E-state index is -0.491. The summed E-state index contributed by atoms with van der Waals surface area (Å²) in [6, 6.07) is 0. The predicted octanol–water partition coefficient (Wildman–Crippen LogP) is 2.61. The highest BCUT2D eigenvalue weighted by molar-refractivity contribution is 7.09. The number of amides is 1. The van der Waals surface area contributed by atoms with Crippen LogP contribution in [-0.4, -0.2) is 45.9 Å². The van der Waals surface area contributed by atoms with E-state index in [9.17, 15) is 9.90 Å². The number of likely N-dealkylation sites (tertiary alicyclic amines) is 1. The molecule has 1 fully saturated rings. The van der Waals surface area contributed by atoms with Crippen molar-refractivity contribution in [2.45, 2.75) is 52.2 Å². The standard InChI is InChI=1S/C15H24N2O3S/c1-10-16-12(9-21-10)7-11-8-17(6-5-13(11)18)14(19)20-15(2,3)4/h9,11,13,18H,5-8H2,1-4H3. The summed E-state index contributed by atoms with van der Waals surface area (Å²) in [5.74, 6) is 0.0211. The number of carbonyl (C=O) groups excluding carboxylic acids is 1. The van der Waals surface area contributed by atoms with E-state index in [-0.39, 0.29) is 18.1 Å². The molecule has 1 aromatic rings. The normalized spacial score (nSPS) is 23.2. The lowest BCUT2D eigenvalue weighted by atomic mass is 9.91. The summed E-state index contributed by atoms with van der Waals surface area (Å²) < 4.78 is 5.41. The number of nitrogens with zero attached hydrogens (tertiary/aromatic N) is 2. The Morgan fingerprint density at radius 2 is 2.29 bits per heavy atom. The van der Waals surface area contributed by atoms with Gasteiger partial charge in [-0.15, -0.1) is 11.3 Å². The molecule has 0 saturated carbocycles. The Morgan fingerprint density at radius 1 is 1.57 bits per heavy atom. The monoisotopic (exact) mass is 312 g/mol. The fourth-order valence-electron chi connectivity index (χ4n) is 2.48. The third-order valence-electron chi connectivity index (χ3n) is 3.48. The van der Waals surface area contributed by atoms with Crippen LogP contribution in [0.4, 0.5) is 4.79 Å². The molecule has 0 bridgehead atoms. The number of aryl methyl sites for hydroxylation is 1. The topological polar surface area (TPSA) is 62.7 Å². The zero-order chi connectivity index (χ0) is 15.6. The molecule has 118 valence electrons. The van der Waals surface area contributed by atoms with E-state index < -0.39 is 5.60 Å². The first-order valence-electron chi connectivity index (χ1n) is 7.31. The number of piperidine rings is 1. The van der Waals surface area contributed by atoms with Crippen LogP contribution in [0.5, 0.6) is 0 Å². The van der Waals surface area contributed by atoms with Crippen molar-refractivity contribution in [2.75, 3.05) is 13.1 Å². The number of aliphatic hydroxyl groups excluding tert-OH is 1. The average molecular weight is 312 g/mol. The van der Waals surface area contributed by atoms with Crippen molar-refractivity contribution in [3.63, 3.8) is 0 Å². The highest BCUT2D eigenvalue weighted by Crippen LogP contribution is 2.23. The third-order valence-corrected chi connectivity index (χ3v) is 4.31. The van der Waals surface area contributed by atoms with Crippen molar-refractivity contribution in [1.29, 1.82) is 0 Å². The summed E-state index contributed by atoms with van der Waals surface area (Å²) in [4.78, 5) is 18.3. The van der Waals surface area contributed by atoms with Gasteiger partial charge in [0, 0.05) is 24.4 Å². The van der Waals surface area contributed by atoms with Crippen LogP contribution in [0.25, 0.3) is 0 Å². The fraction of sp³-hybridized carbons (Fsp3) is 0.733. The van der Waals surface area contributed by atoms with Gasteiger partial charge in [-0.05, 0) is 40.5 Å². The second-order valence-electron chi connectivity index (χ2n) is 6.60. The van der Waals surface area contributed by atoms with E-state index in [1.807, 2.05) is 33.1 Å². The van der Waals surface area contributed by atoms with Crippen LogP contribution in [0.2, 0.25) is 0 Å². The minimum Gasteiger partial charge on any atom is -0.444 e. The van der Waals surface area contributed by atoms with Gasteiger partial charge >= 0.3 is 6.09 Å². The van der Waals surface area contributed by atoms with Gasteiger partial charge in [0.1, 0.15) is 5.60 Å². The number of aliphatic hydroxyl groups is 1. The number of hydrogen-bond acceptors (Lipinski definition) is 5. The summed E-state index contributed by atoms with van der Waals surface area (Å²) in [5, 5.41) is 13.2. The average Bonchev–Trinajstić information content (AvgIpc) is 2.75. The van der Waals surface area contributed by atoms with Crippen LogP contribution in [0, 0.1) is 12.8 Å². The maximum Gasteiger partial charge on any atom is 0.410 e. The summed E-state index contributed by atoms with van der Waals surface area (Å²) in [5.41, 5.74) is 0.502. The van der Waals surface area contributed by atoms with Crippen LogP contribution >= 0.6 is 11.3 Å². The summed E-state index contributed by atoms with van der Waals surface area (Å²) in [7, 11) is 0. The Balaban J connectivity index is 1.97. The van der Waals surface area contributed by atoms with Gasteiger partial charge in [0.2, 0.25) is 0 Å². The number of hydrogen-bond donors (Lipinski definition) is 1. The summed E-state index contributed by atoms with van der Waals surface area (Å²) in [6.45, 7) is 8.62. The van der Waals surface area contributed by atoms with Gasteiger partial charge in [-0.25, -0.2) is 9.78 Å².